The molecule has 1 radical (unpaired) electrons. The van der Waals surface area contributed by atoms with Crippen molar-refractivity contribution >= 4 is 5.91 Å². The zero-order valence-corrected chi connectivity index (χ0v) is 12.1. The zero-order chi connectivity index (χ0) is 14.7. The number of piperazine rings is 1. The second kappa shape index (κ2) is 6.12. The summed E-state index contributed by atoms with van der Waals surface area (Å²) in [6, 6.07) is 6.47. The van der Waals surface area contributed by atoms with E-state index >= 15 is 0 Å². The van der Waals surface area contributed by atoms with Gasteiger partial charge in [0.2, 0.25) is 5.91 Å². The second-order valence-corrected chi connectivity index (χ2v) is 5.88. The van der Waals surface area contributed by atoms with Crippen molar-refractivity contribution in [2.24, 2.45) is 0 Å². The first kappa shape index (κ1) is 14.5. The molecule has 0 saturated carbocycles. The number of halogens is 1. The molecule has 2 saturated heterocycles. The monoisotopic (exact) mass is 290 g/mol. The van der Waals surface area contributed by atoms with Crippen LogP contribution in [0, 0.1) is 5.82 Å². The molecule has 1 aromatic carbocycles. The standard InChI is InChI=1S/C16H21FN3O/c17-14-4-2-13(3-5-14)12-16(6-1-7-19-16)15(21)20-10-8-18-9-11-20/h2-5,19H,1,6-12H2/t16-/m1/s1. The van der Waals surface area contributed by atoms with Crippen LogP contribution < -0.4 is 10.6 Å². The molecular weight excluding hydrogens is 269 g/mol. The molecule has 2 heterocycles. The smallest absolute Gasteiger partial charge is 0.243 e. The van der Waals surface area contributed by atoms with E-state index in [2.05, 4.69) is 10.6 Å². The van der Waals surface area contributed by atoms with Gasteiger partial charge < -0.3 is 10.2 Å². The number of amides is 1. The molecule has 2 aliphatic heterocycles. The lowest BCUT2D eigenvalue weighted by Crippen LogP contribution is -2.59. The van der Waals surface area contributed by atoms with Crippen LogP contribution in [0.1, 0.15) is 18.4 Å². The van der Waals surface area contributed by atoms with Gasteiger partial charge in [-0.3, -0.25) is 4.79 Å². The van der Waals surface area contributed by atoms with Crippen molar-refractivity contribution in [1.82, 2.24) is 15.5 Å². The molecule has 5 heteroatoms. The lowest BCUT2D eigenvalue weighted by atomic mass is 9.87. The normalized spacial score (nSPS) is 26.0. The molecule has 0 aromatic heterocycles. The summed E-state index contributed by atoms with van der Waals surface area (Å²) in [5.41, 5.74) is 0.482. The third kappa shape index (κ3) is 3.09. The van der Waals surface area contributed by atoms with Crippen LogP contribution in [0.25, 0.3) is 0 Å². The van der Waals surface area contributed by atoms with Crippen LogP contribution in [0.15, 0.2) is 24.3 Å². The Labute approximate surface area is 124 Å². The fourth-order valence-corrected chi connectivity index (χ4v) is 3.28. The zero-order valence-electron chi connectivity index (χ0n) is 12.1. The Morgan fingerprint density at radius 1 is 1.29 bits per heavy atom. The molecule has 3 rings (SSSR count). The molecule has 0 spiro atoms. The Morgan fingerprint density at radius 2 is 2.00 bits per heavy atom. The van der Waals surface area contributed by atoms with Gasteiger partial charge >= 0.3 is 0 Å². The third-order valence-corrected chi connectivity index (χ3v) is 4.42. The number of benzene rings is 1. The fourth-order valence-electron chi connectivity index (χ4n) is 3.28. The first-order chi connectivity index (χ1) is 10.2. The molecular formula is C16H21FN3O. The number of nitrogens with one attached hydrogen (secondary N) is 1. The Balaban J connectivity index is 1.78. The Bertz CT molecular complexity index is 491. The van der Waals surface area contributed by atoms with Gasteiger partial charge in [-0.15, -0.1) is 0 Å². The highest BCUT2D eigenvalue weighted by atomic mass is 19.1. The van der Waals surface area contributed by atoms with Gasteiger partial charge in [0.25, 0.3) is 0 Å². The molecule has 1 amide bonds. The minimum atomic E-state index is -0.519. The third-order valence-electron chi connectivity index (χ3n) is 4.42. The summed E-state index contributed by atoms with van der Waals surface area (Å²) in [7, 11) is 0. The van der Waals surface area contributed by atoms with Gasteiger partial charge in [-0.2, -0.15) is 0 Å². The van der Waals surface area contributed by atoms with E-state index in [-0.39, 0.29) is 11.7 Å². The van der Waals surface area contributed by atoms with E-state index in [1.54, 1.807) is 12.1 Å². The van der Waals surface area contributed by atoms with E-state index in [4.69, 9.17) is 0 Å². The maximum Gasteiger partial charge on any atom is 0.243 e. The summed E-state index contributed by atoms with van der Waals surface area (Å²) >= 11 is 0. The van der Waals surface area contributed by atoms with Crippen molar-refractivity contribution in [2.75, 3.05) is 32.7 Å². The van der Waals surface area contributed by atoms with E-state index in [0.29, 0.717) is 19.5 Å². The van der Waals surface area contributed by atoms with E-state index in [1.807, 2.05) is 4.90 Å². The summed E-state index contributed by atoms with van der Waals surface area (Å²) in [5, 5.41) is 7.71. The lowest BCUT2D eigenvalue weighted by Gasteiger charge is -2.36. The van der Waals surface area contributed by atoms with Crippen molar-refractivity contribution in [3.63, 3.8) is 0 Å². The summed E-state index contributed by atoms with van der Waals surface area (Å²) in [6.45, 7) is 3.76. The van der Waals surface area contributed by atoms with Gasteiger partial charge in [0.1, 0.15) is 11.4 Å². The highest BCUT2D eigenvalue weighted by Crippen LogP contribution is 2.27. The number of rotatable bonds is 3. The lowest BCUT2D eigenvalue weighted by molar-refractivity contribution is -0.138. The van der Waals surface area contributed by atoms with Crippen LogP contribution >= 0.6 is 0 Å². The average molecular weight is 290 g/mol. The van der Waals surface area contributed by atoms with E-state index in [0.717, 1.165) is 38.0 Å². The van der Waals surface area contributed by atoms with Gasteiger partial charge in [-0.1, -0.05) is 12.1 Å². The van der Waals surface area contributed by atoms with Crippen molar-refractivity contribution in [3.05, 3.63) is 35.6 Å². The molecule has 1 aromatic rings. The molecule has 4 nitrogen and oxygen atoms in total. The molecule has 0 unspecified atom stereocenters. The molecule has 113 valence electrons. The number of hydrogen-bond acceptors (Lipinski definition) is 2. The van der Waals surface area contributed by atoms with Crippen LogP contribution in [-0.4, -0.2) is 49.1 Å². The summed E-state index contributed by atoms with van der Waals surface area (Å²) < 4.78 is 13.0. The Morgan fingerprint density at radius 3 is 2.62 bits per heavy atom. The largest absolute Gasteiger partial charge is 0.338 e. The number of hydrogen-bond donors (Lipinski definition) is 1. The molecule has 1 N–H and O–H groups in total. The minimum absolute atomic E-state index is 0.180. The van der Waals surface area contributed by atoms with E-state index in [1.165, 1.54) is 12.1 Å². The number of carbonyl (C=O) groups excluding carboxylic acids is 1. The molecule has 1 atom stereocenters. The van der Waals surface area contributed by atoms with Crippen LogP contribution in [0.2, 0.25) is 0 Å². The summed E-state index contributed by atoms with van der Waals surface area (Å²) in [6.07, 6.45) is 2.47. The van der Waals surface area contributed by atoms with Gasteiger partial charge in [0.15, 0.2) is 0 Å². The van der Waals surface area contributed by atoms with Crippen molar-refractivity contribution in [3.8, 4) is 0 Å². The topological polar surface area (TPSA) is 46.4 Å². The van der Waals surface area contributed by atoms with Gasteiger partial charge in [0, 0.05) is 26.2 Å². The summed E-state index contributed by atoms with van der Waals surface area (Å²) in [4.78, 5) is 14.9. The van der Waals surface area contributed by atoms with Crippen LogP contribution in [-0.2, 0) is 11.2 Å². The van der Waals surface area contributed by atoms with Crippen LogP contribution in [0.4, 0.5) is 4.39 Å². The maximum absolute atomic E-state index is 13.0. The molecule has 0 bridgehead atoms. The number of carbonyl (C=O) groups is 1. The van der Waals surface area contributed by atoms with Crippen LogP contribution in [0.3, 0.4) is 0 Å². The molecule has 2 aliphatic rings. The predicted octanol–water partition coefficient (Wildman–Crippen LogP) is 0.937. The van der Waals surface area contributed by atoms with Gasteiger partial charge in [-0.25, -0.2) is 9.71 Å². The van der Waals surface area contributed by atoms with Crippen molar-refractivity contribution in [2.45, 2.75) is 24.8 Å². The van der Waals surface area contributed by atoms with E-state index < -0.39 is 5.54 Å². The first-order valence-electron chi connectivity index (χ1n) is 7.62. The van der Waals surface area contributed by atoms with Crippen molar-refractivity contribution < 1.29 is 9.18 Å². The second-order valence-electron chi connectivity index (χ2n) is 5.88. The summed E-state index contributed by atoms with van der Waals surface area (Å²) in [5.74, 6) is -0.0598. The SMILES string of the molecule is O=C(N1CC[N]CC1)[C@]1(Cc2ccc(F)cc2)CCCN1. The quantitative estimate of drug-likeness (QED) is 0.900. The average Bonchev–Trinajstić information content (AvgIpc) is 2.99. The van der Waals surface area contributed by atoms with Crippen LogP contribution in [0.5, 0.6) is 0 Å². The van der Waals surface area contributed by atoms with Gasteiger partial charge in [0.05, 0.1) is 0 Å². The highest BCUT2D eigenvalue weighted by Gasteiger charge is 2.43. The Hall–Kier alpha value is -1.46. The minimum Gasteiger partial charge on any atom is -0.338 e. The first-order valence-corrected chi connectivity index (χ1v) is 7.62. The molecule has 2 fully saturated rings. The Kier molecular flexibility index (Phi) is 4.22. The maximum atomic E-state index is 13.0. The van der Waals surface area contributed by atoms with Crippen molar-refractivity contribution in [1.29, 1.82) is 0 Å². The number of nitrogens with zero attached hydrogens (tertiary/aromatic N) is 2. The van der Waals surface area contributed by atoms with Gasteiger partial charge in [-0.05, 0) is 43.5 Å². The molecule has 0 aliphatic carbocycles. The molecule has 21 heavy (non-hydrogen) atoms. The highest BCUT2D eigenvalue weighted by molar-refractivity contribution is 5.87. The van der Waals surface area contributed by atoms with E-state index in [9.17, 15) is 9.18 Å². The fraction of sp³-hybridized carbons (Fsp3) is 0.562. The predicted molar refractivity (Wildman–Crippen MR) is 78.5 cm³/mol.